The number of nitrogen functional groups attached to an aromatic ring is 1. The van der Waals surface area contributed by atoms with Crippen LogP contribution in [0.25, 0.3) is 0 Å². The van der Waals surface area contributed by atoms with E-state index in [4.69, 9.17) is 19.6 Å². The molecule has 1 aromatic heterocycles. The molecule has 0 aliphatic heterocycles. The van der Waals surface area contributed by atoms with Gasteiger partial charge in [0, 0.05) is 12.1 Å². The minimum atomic E-state index is -0.448. The average molecular weight is 341 g/mol. The maximum atomic E-state index is 13.0. The molecule has 0 radical (unpaired) electrons. The van der Waals surface area contributed by atoms with E-state index >= 15 is 0 Å². The lowest BCUT2D eigenvalue weighted by atomic mass is 10.2. The van der Waals surface area contributed by atoms with E-state index in [9.17, 15) is 9.18 Å². The Kier molecular flexibility index (Phi) is 4.99. The highest BCUT2D eigenvalue weighted by Gasteiger charge is 2.08. The van der Waals surface area contributed by atoms with Crippen LogP contribution in [0.4, 0.5) is 10.1 Å². The number of rotatable bonds is 6. The number of hydrogen-bond donors (Lipinski definition) is 1. The van der Waals surface area contributed by atoms with Gasteiger partial charge >= 0.3 is 0 Å². The van der Waals surface area contributed by atoms with Crippen LogP contribution in [-0.2, 0) is 13.2 Å². The van der Waals surface area contributed by atoms with Gasteiger partial charge in [-0.25, -0.2) is 4.39 Å². The van der Waals surface area contributed by atoms with Gasteiger partial charge in [0.05, 0.1) is 5.69 Å². The fourth-order valence-electron chi connectivity index (χ4n) is 2.15. The molecular formula is C19H16FNO4. The maximum Gasteiger partial charge on any atom is 0.227 e. The van der Waals surface area contributed by atoms with Crippen molar-refractivity contribution in [2.24, 2.45) is 0 Å². The summed E-state index contributed by atoms with van der Waals surface area (Å²) in [6.07, 6.45) is 1.25. The van der Waals surface area contributed by atoms with E-state index in [-0.39, 0.29) is 30.1 Å². The second-order valence-electron chi connectivity index (χ2n) is 5.32. The Morgan fingerprint density at radius 1 is 0.960 bits per heavy atom. The Bertz CT molecular complexity index is 909. The first-order valence-electron chi connectivity index (χ1n) is 7.58. The lowest BCUT2D eigenvalue weighted by Gasteiger charge is -2.09. The van der Waals surface area contributed by atoms with Crippen molar-refractivity contribution < 1.29 is 18.3 Å². The zero-order valence-corrected chi connectivity index (χ0v) is 13.3. The third-order valence-corrected chi connectivity index (χ3v) is 3.43. The van der Waals surface area contributed by atoms with Crippen LogP contribution in [0.1, 0.15) is 11.3 Å². The highest BCUT2D eigenvalue weighted by Crippen LogP contribution is 2.23. The summed E-state index contributed by atoms with van der Waals surface area (Å²) in [6.45, 7) is 0.262. The molecule has 2 N–H and O–H groups in total. The van der Waals surface area contributed by atoms with E-state index in [1.807, 2.05) is 30.3 Å². The molecular weight excluding hydrogens is 325 g/mol. The Morgan fingerprint density at radius 3 is 2.44 bits per heavy atom. The van der Waals surface area contributed by atoms with Crippen molar-refractivity contribution in [3.8, 4) is 11.5 Å². The zero-order valence-electron chi connectivity index (χ0n) is 13.3. The molecule has 0 atom stereocenters. The monoisotopic (exact) mass is 341 g/mol. The van der Waals surface area contributed by atoms with Gasteiger partial charge in [0.15, 0.2) is 0 Å². The van der Waals surface area contributed by atoms with Gasteiger partial charge in [0.2, 0.25) is 11.2 Å². The Hall–Kier alpha value is -3.28. The molecule has 3 aromatic rings. The van der Waals surface area contributed by atoms with Crippen molar-refractivity contribution >= 4 is 5.69 Å². The molecule has 128 valence electrons. The molecule has 0 saturated heterocycles. The van der Waals surface area contributed by atoms with Gasteiger partial charge in [-0.1, -0.05) is 30.3 Å². The summed E-state index contributed by atoms with van der Waals surface area (Å²) in [5.41, 5.74) is 6.46. The first-order valence-corrected chi connectivity index (χ1v) is 7.58. The van der Waals surface area contributed by atoms with Crippen molar-refractivity contribution in [3.63, 3.8) is 0 Å². The van der Waals surface area contributed by atoms with Crippen LogP contribution in [0, 0.1) is 5.82 Å². The second-order valence-corrected chi connectivity index (χ2v) is 5.32. The molecule has 0 bridgehead atoms. The fraction of sp³-hybridized carbons (Fsp3) is 0.105. The highest BCUT2D eigenvalue weighted by atomic mass is 19.1. The number of benzene rings is 2. The van der Waals surface area contributed by atoms with Crippen LogP contribution < -0.4 is 20.6 Å². The minimum absolute atomic E-state index is 0.00988. The third-order valence-electron chi connectivity index (χ3n) is 3.43. The number of anilines is 1. The van der Waals surface area contributed by atoms with E-state index in [0.717, 1.165) is 11.6 Å². The number of nitrogens with two attached hydrogens (primary N) is 1. The van der Waals surface area contributed by atoms with E-state index in [1.165, 1.54) is 24.5 Å². The standard InChI is InChI=1S/C19H16FNO4/c20-14-6-7-18(16(21)8-14)25-11-15-9-17(22)19(12-23-15)24-10-13-4-2-1-3-5-13/h1-9,12H,10-11,21H2. The summed E-state index contributed by atoms with van der Waals surface area (Å²) in [5.74, 6) is 0.291. The van der Waals surface area contributed by atoms with Crippen LogP contribution >= 0.6 is 0 Å². The van der Waals surface area contributed by atoms with Crippen LogP contribution in [0.15, 0.2) is 70.1 Å². The maximum absolute atomic E-state index is 13.0. The van der Waals surface area contributed by atoms with Gasteiger partial charge in [-0.3, -0.25) is 4.79 Å². The van der Waals surface area contributed by atoms with Crippen molar-refractivity contribution in [1.29, 1.82) is 0 Å². The quantitative estimate of drug-likeness (QED) is 0.694. The summed E-state index contributed by atoms with van der Waals surface area (Å²) < 4.78 is 29.2. The molecule has 1 heterocycles. The van der Waals surface area contributed by atoms with Gasteiger partial charge in [-0.05, 0) is 17.7 Å². The molecule has 2 aromatic carbocycles. The van der Waals surface area contributed by atoms with Gasteiger partial charge in [0.25, 0.3) is 0 Å². The summed E-state index contributed by atoms with van der Waals surface area (Å²) in [4.78, 5) is 12.1. The lowest BCUT2D eigenvalue weighted by molar-refractivity contribution is 0.255. The number of halogens is 1. The Balaban J connectivity index is 1.62. The van der Waals surface area contributed by atoms with Crippen LogP contribution in [0.3, 0.4) is 0 Å². The van der Waals surface area contributed by atoms with E-state index in [0.29, 0.717) is 11.5 Å². The minimum Gasteiger partial charge on any atom is -0.483 e. The molecule has 5 nitrogen and oxygen atoms in total. The predicted octanol–water partition coefficient (Wildman–Crippen LogP) is 3.52. The van der Waals surface area contributed by atoms with E-state index in [2.05, 4.69) is 0 Å². The average Bonchev–Trinajstić information content (AvgIpc) is 2.61. The summed E-state index contributed by atoms with van der Waals surface area (Å²) in [6, 6.07) is 14.6. The summed E-state index contributed by atoms with van der Waals surface area (Å²) >= 11 is 0. The fourth-order valence-corrected chi connectivity index (χ4v) is 2.15. The van der Waals surface area contributed by atoms with Gasteiger partial charge < -0.3 is 19.6 Å². The van der Waals surface area contributed by atoms with Crippen LogP contribution in [-0.4, -0.2) is 0 Å². The molecule has 0 unspecified atom stereocenters. The lowest BCUT2D eigenvalue weighted by Crippen LogP contribution is -2.09. The number of hydrogen-bond acceptors (Lipinski definition) is 5. The van der Waals surface area contributed by atoms with Gasteiger partial charge in [-0.2, -0.15) is 0 Å². The smallest absolute Gasteiger partial charge is 0.227 e. The van der Waals surface area contributed by atoms with Gasteiger partial charge in [-0.15, -0.1) is 0 Å². The summed E-state index contributed by atoms with van der Waals surface area (Å²) in [7, 11) is 0. The molecule has 0 fully saturated rings. The second kappa shape index (κ2) is 7.53. The first-order chi connectivity index (χ1) is 12.1. The molecule has 0 spiro atoms. The summed E-state index contributed by atoms with van der Waals surface area (Å²) in [5, 5.41) is 0. The Morgan fingerprint density at radius 2 is 1.72 bits per heavy atom. The molecule has 3 rings (SSSR count). The normalized spacial score (nSPS) is 10.4. The topological polar surface area (TPSA) is 74.7 Å². The Labute approximate surface area is 143 Å². The zero-order chi connectivity index (χ0) is 17.6. The molecule has 0 saturated carbocycles. The molecule has 0 aliphatic carbocycles. The molecule has 0 amide bonds. The molecule has 25 heavy (non-hydrogen) atoms. The van der Waals surface area contributed by atoms with Crippen LogP contribution in [0.5, 0.6) is 11.5 Å². The van der Waals surface area contributed by atoms with Crippen LogP contribution in [0.2, 0.25) is 0 Å². The van der Waals surface area contributed by atoms with E-state index < -0.39 is 5.82 Å². The van der Waals surface area contributed by atoms with E-state index in [1.54, 1.807) is 0 Å². The molecule has 0 aliphatic rings. The first kappa shape index (κ1) is 16.6. The van der Waals surface area contributed by atoms with Crippen molar-refractivity contribution in [1.82, 2.24) is 0 Å². The van der Waals surface area contributed by atoms with Crippen molar-refractivity contribution in [2.45, 2.75) is 13.2 Å². The van der Waals surface area contributed by atoms with Crippen molar-refractivity contribution in [3.05, 3.63) is 88.2 Å². The van der Waals surface area contributed by atoms with Gasteiger partial charge in [0.1, 0.15) is 36.8 Å². The van der Waals surface area contributed by atoms with Crippen molar-refractivity contribution in [2.75, 3.05) is 5.73 Å². The largest absolute Gasteiger partial charge is 0.483 e. The predicted molar refractivity (Wildman–Crippen MR) is 90.9 cm³/mol. The SMILES string of the molecule is Nc1cc(F)ccc1OCc1cc(=O)c(OCc2ccccc2)co1. The highest BCUT2D eigenvalue weighted by molar-refractivity contribution is 5.52. The third kappa shape index (κ3) is 4.38. The molecule has 6 heteroatoms. The number of ether oxygens (including phenoxy) is 2.